The first-order chi connectivity index (χ1) is 9.53. The van der Waals surface area contributed by atoms with Gasteiger partial charge in [0.05, 0.1) is 19.6 Å². The van der Waals surface area contributed by atoms with Crippen molar-refractivity contribution in [2.75, 3.05) is 34.4 Å². The Balaban J connectivity index is 2.47. The van der Waals surface area contributed by atoms with E-state index in [9.17, 15) is 9.90 Å². The topological polar surface area (TPSA) is 59.0 Å². The lowest BCUT2D eigenvalue weighted by molar-refractivity contribution is -0.145. The molecule has 0 radical (unpaired) electrons. The van der Waals surface area contributed by atoms with Gasteiger partial charge < -0.3 is 19.5 Å². The van der Waals surface area contributed by atoms with Gasteiger partial charge >= 0.3 is 5.97 Å². The maximum atomic E-state index is 11.9. The summed E-state index contributed by atoms with van der Waals surface area (Å²) in [6.45, 7) is 1.53. The predicted molar refractivity (Wildman–Crippen MR) is 75.6 cm³/mol. The first-order valence-corrected chi connectivity index (χ1v) is 6.68. The van der Waals surface area contributed by atoms with E-state index >= 15 is 0 Å². The number of carboxylic acid groups (broad SMARTS) is 1. The number of aliphatic carboxylic acids is 1. The lowest BCUT2D eigenvalue weighted by Gasteiger charge is -2.38. The molecule has 0 saturated carbocycles. The molecule has 5 nitrogen and oxygen atoms in total. The number of hydrogen-bond acceptors (Lipinski definition) is 4. The maximum Gasteiger partial charge on any atom is 0.314 e. The second kappa shape index (κ2) is 5.71. The molecule has 0 amide bonds. The smallest absolute Gasteiger partial charge is 0.314 e. The molecule has 0 aromatic heterocycles. The average molecular weight is 279 g/mol. The SMILES string of the molecule is COc1ccc(C2(C(=O)O)CCN(C)CC2)c(OC)c1. The second-order valence-electron chi connectivity index (χ2n) is 5.26. The van der Waals surface area contributed by atoms with Gasteiger partial charge in [-0.15, -0.1) is 0 Å². The minimum absolute atomic E-state index is 0.580. The molecule has 1 N–H and O–H groups in total. The van der Waals surface area contributed by atoms with Crippen molar-refractivity contribution in [1.82, 2.24) is 4.90 Å². The lowest BCUT2D eigenvalue weighted by Crippen LogP contribution is -2.46. The van der Waals surface area contributed by atoms with Crippen LogP contribution in [-0.2, 0) is 10.2 Å². The minimum atomic E-state index is -0.871. The van der Waals surface area contributed by atoms with Crippen LogP contribution in [-0.4, -0.2) is 50.3 Å². The fourth-order valence-corrected chi connectivity index (χ4v) is 2.79. The summed E-state index contributed by atoms with van der Waals surface area (Å²) in [5.74, 6) is 0.462. The molecular formula is C15H21NO4. The van der Waals surface area contributed by atoms with E-state index in [0.717, 1.165) is 18.7 Å². The van der Waals surface area contributed by atoms with E-state index in [-0.39, 0.29) is 0 Å². The molecule has 1 saturated heterocycles. The van der Waals surface area contributed by atoms with Gasteiger partial charge in [0.15, 0.2) is 0 Å². The molecule has 5 heteroatoms. The lowest BCUT2D eigenvalue weighted by atomic mass is 9.72. The highest BCUT2D eigenvalue weighted by Crippen LogP contribution is 2.41. The summed E-state index contributed by atoms with van der Waals surface area (Å²) in [6, 6.07) is 5.36. The second-order valence-corrected chi connectivity index (χ2v) is 5.26. The van der Waals surface area contributed by atoms with Gasteiger partial charge in [-0.05, 0) is 39.0 Å². The van der Waals surface area contributed by atoms with Crippen LogP contribution in [0.4, 0.5) is 0 Å². The van der Waals surface area contributed by atoms with Crippen LogP contribution in [0.25, 0.3) is 0 Å². The van der Waals surface area contributed by atoms with Crippen molar-refractivity contribution in [3.8, 4) is 11.5 Å². The Hall–Kier alpha value is -1.75. The monoisotopic (exact) mass is 279 g/mol. The first-order valence-electron chi connectivity index (χ1n) is 6.68. The van der Waals surface area contributed by atoms with Gasteiger partial charge in [-0.1, -0.05) is 6.07 Å². The standard InChI is InChI=1S/C15H21NO4/c1-16-8-6-15(7-9-16,14(17)18)12-5-4-11(19-2)10-13(12)20-3/h4-5,10H,6-9H2,1-3H3,(H,17,18). The first kappa shape index (κ1) is 14.7. The largest absolute Gasteiger partial charge is 0.497 e. The molecular weight excluding hydrogens is 258 g/mol. The molecule has 0 aliphatic carbocycles. The molecule has 0 spiro atoms. The molecule has 1 aliphatic rings. The number of carboxylic acids is 1. The third kappa shape index (κ3) is 2.45. The molecule has 1 fully saturated rings. The summed E-state index contributed by atoms with van der Waals surface area (Å²) >= 11 is 0. The fourth-order valence-electron chi connectivity index (χ4n) is 2.79. The van der Waals surface area contributed by atoms with Crippen LogP contribution in [0.1, 0.15) is 18.4 Å². The van der Waals surface area contributed by atoms with Gasteiger partial charge in [-0.25, -0.2) is 0 Å². The molecule has 1 aliphatic heterocycles. The Morgan fingerprint density at radius 1 is 1.25 bits per heavy atom. The van der Waals surface area contributed by atoms with Crippen LogP contribution in [0.2, 0.25) is 0 Å². The fraction of sp³-hybridized carbons (Fsp3) is 0.533. The van der Waals surface area contributed by atoms with E-state index in [2.05, 4.69) is 4.90 Å². The van der Waals surface area contributed by atoms with Crippen molar-refractivity contribution in [3.05, 3.63) is 23.8 Å². The minimum Gasteiger partial charge on any atom is -0.497 e. The number of piperidine rings is 1. The molecule has 1 aromatic rings. The average Bonchev–Trinajstić information content (AvgIpc) is 2.47. The maximum absolute atomic E-state index is 11.9. The van der Waals surface area contributed by atoms with E-state index in [0.29, 0.717) is 24.3 Å². The third-order valence-electron chi connectivity index (χ3n) is 4.17. The summed E-state index contributed by atoms with van der Waals surface area (Å²) in [6.07, 6.45) is 1.17. The Bertz CT molecular complexity index is 493. The molecule has 110 valence electrons. The van der Waals surface area contributed by atoms with Crippen LogP contribution in [0.15, 0.2) is 18.2 Å². The van der Waals surface area contributed by atoms with Crippen LogP contribution >= 0.6 is 0 Å². The highest BCUT2D eigenvalue weighted by molar-refractivity contribution is 5.83. The number of hydrogen-bond donors (Lipinski definition) is 1. The number of benzene rings is 1. The number of nitrogens with zero attached hydrogens (tertiary/aromatic N) is 1. The van der Waals surface area contributed by atoms with Crippen molar-refractivity contribution in [2.24, 2.45) is 0 Å². The van der Waals surface area contributed by atoms with Crippen LogP contribution in [0.3, 0.4) is 0 Å². The molecule has 1 aromatic carbocycles. The summed E-state index contributed by atoms with van der Waals surface area (Å²) in [5.41, 5.74) is -0.134. The third-order valence-corrected chi connectivity index (χ3v) is 4.17. The van der Waals surface area contributed by atoms with E-state index < -0.39 is 11.4 Å². The van der Waals surface area contributed by atoms with Gasteiger partial charge in [0.2, 0.25) is 0 Å². The van der Waals surface area contributed by atoms with E-state index in [1.807, 2.05) is 13.1 Å². The van der Waals surface area contributed by atoms with Gasteiger partial charge in [0.25, 0.3) is 0 Å². The molecule has 1 heterocycles. The molecule has 0 atom stereocenters. The highest BCUT2D eigenvalue weighted by Gasteiger charge is 2.44. The number of likely N-dealkylation sites (tertiary alicyclic amines) is 1. The van der Waals surface area contributed by atoms with Crippen molar-refractivity contribution < 1.29 is 19.4 Å². The highest BCUT2D eigenvalue weighted by atomic mass is 16.5. The van der Waals surface area contributed by atoms with Gasteiger partial charge in [0.1, 0.15) is 11.5 Å². The van der Waals surface area contributed by atoms with Crippen LogP contribution < -0.4 is 9.47 Å². The van der Waals surface area contributed by atoms with Crippen LogP contribution in [0, 0.1) is 0 Å². The number of carbonyl (C=O) groups is 1. The zero-order valence-corrected chi connectivity index (χ0v) is 12.2. The number of rotatable bonds is 4. The van der Waals surface area contributed by atoms with Crippen molar-refractivity contribution in [2.45, 2.75) is 18.3 Å². The van der Waals surface area contributed by atoms with Crippen molar-refractivity contribution in [3.63, 3.8) is 0 Å². The van der Waals surface area contributed by atoms with Crippen molar-refractivity contribution >= 4 is 5.97 Å². The van der Waals surface area contributed by atoms with Gasteiger partial charge in [-0.2, -0.15) is 0 Å². The predicted octanol–water partition coefficient (Wildman–Crippen LogP) is 1.75. The molecule has 0 unspecified atom stereocenters. The zero-order chi connectivity index (χ0) is 14.8. The molecule has 20 heavy (non-hydrogen) atoms. The molecule has 2 rings (SSSR count). The van der Waals surface area contributed by atoms with Gasteiger partial charge in [0, 0.05) is 11.6 Å². The van der Waals surface area contributed by atoms with Gasteiger partial charge in [-0.3, -0.25) is 4.79 Å². The summed E-state index contributed by atoms with van der Waals surface area (Å²) < 4.78 is 10.6. The quantitative estimate of drug-likeness (QED) is 0.910. The van der Waals surface area contributed by atoms with Crippen LogP contribution in [0.5, 0.6) is 11.5 Å². The van der Waals surface area contributed by atoms with E-state index in [1.54, 1.807) is 26.4 Å². The zero-order valence-electron chi connectivity index (χ0n) is 12.2. The number of ether oxygens (including phenoxy) is 2. The van der Waals surface area contributed by atoms with E-state index in [4.69, 9.17) is 9.47 Å². The summed E-state index contributed by atoms with van der Waals surface area (Å²) in [4.78, 5) is 14.1. The summed E-state index contributed by atoms with van der Waals surface area (Å²) in [7, 11) is 5.15. The Morgan fingerprint density at radius 3 is 2.40 bits per heavy atom. The normalized spacial score (nSPS) is 18.6. The Kier molecular flexibility index (Phi) is 4.18. The molecule has 0 bridgehead atoms. The Labute approximate surface area is 119 Å². The van der Waals surface area contributed by atoms with Crippen molar-refractivity contribution in [1.29, 1.82) is 0 Å². The number of methoxy groups -OCH3 is 2. The van der Waals surface area contributed by atoms with E-state index in [1.165, 1.54) is 0 Å². The Morgan fingerprint density at radius 2 is 1.90 bits per heavy atom. The summed E-state index contributed by atoms with van der Waals surface area (Å²) in [5, 5.41) is 9.77.